The minimum Gasteiger partial charge on any atom is -0.371 e. The number of nitrogens with two attached hydrogens (primary N) is 1. The predicted molar refractivity (Wildman–Crippen MR) is 81.8 cm³/mol. The number of carbonyl (C=O) groups excluding carboxylic acids is 1. The Morgan fingerprint density at radius 2 is 2.24 bits per heavy atom. The lowest BCUT2D eigenvalue weighted by Crippen LogP contribution is -2.44. The van der Waals surface area contributed by atoms with Gasteiger partial charge in [0.05, 0.1) is 11.6 Å². The molecule has 1 aliphatic carbocycles. The average Bonchev–Trinajstić information content (AvgIpc) is 3.16. The number of hydrogen-bond acceptors (Lipinski definition) is 5. The van der Waals surface area contributed by atoms with E-state index in [1.165, 1.54) is 6.42 Å². The molecule has 1 saturated heterocycles. The van der Waals surface area contributed by atoms with Gasteiger partial charge in [0.1, 0.15) is 11.1 Å². The van der Waals surface area contributed by atoms with E-state index in [0.717, 1.165) is 49.4 Å². The van der Waals surface area contributed by atoms with Crippen LogP contribution < -0.4 is 11.1 Å². The van der Waals surface area contributed by atoms with E-state index in [1.54, 1.807) is 11.3 Å². The van der Waals surface area contributed by atoms with Crippen LogP contribution in [0.1, 0.15) is 55.3 Å². The standard InChI is InChI=1S/C15H23N3O2S/c16-14(19)11-4-1-2-5-12(11)17-8-10-9-21-15(18-10)13-6-3-7-20-13/h9,11-13,17H,1-8H2,(H2,16,19)/t11-,12+,13+/m1/s1. The second-order valence-electron chi connectivity index (χ2n) is 5.96. The molecule has 1 aromatic rings. The molecule has 0 bridgehead atoms. The minimum atomic E-state index is -0.175. The first-order chi connectivity index (χ1) is 10.2. The van der Waals surface area contributed by atoms with E-state index in [4.69, 9.17) is 10.5 Å². The molecular weight excluding hydrogens is 286 g/mol. The molecule has 1 aromatic heterocycles. The largest absolute Gasteiger partial charge is 0.371 e. The number of hydrogen-bond donors (Lipinski definition) is 2. The molecule has 0 aromatic carbocycles. The smallest absolute Gasteiger partial charge is 0.222 e. The maximum atomic E-state index is 11.5. The average molecular weight is 309 g/mol. The third-order valence-corrected chi connectivity index (χ3v) is 5.44. The summed E-state index contributed by atoms with van der Waals surface area (Å²) in [6.45, 7) is 1.55. The Labute approximate surface area is 129 Å². The summed E-state index contributed by atoms with van der Waals surface area (Å²) in [6, 6.07) is 0.198. The van der Waals surface area contributed by atoms with E-state index in [2.05, 4.69) is 15.7 Å². The lowest BCUT2D eigenvalue weighted by Gasteiger charge is -2.29. The van der Waals surface area contributed by atoms with Crippen molar-refractivity contribution in [1.29, 1.82) is 0 Å². The Morgan fingerprint density at radius 3 is 3.00 bits per heavy atom. The third kappa shape index (κ3) is 3.62. The van der Waals surface area contributed by atoms with Crippen LogP contribution in [-0.2, 0) is 16.1 Å². The van der Waals surface area contributed by atoms with Crippen molar-refractivity contribution in [3.63, 3.8) is 0 Å². The summed E-state index contributed by atoms with van der Waals surface area (Å²) in [5.41, 5.74) is 6.55. The fourth-order valence-corrected chi connectivity index (χ4v) is 4.18. The molecule has 0 radical (unpaired) electrons. The number of carbonyl (C=O) groups is 1. The minimum absolute atomic E-state index is 0.0324. The molecule has 2 heterocycles. The molecule has 2 aliphatic rings. The van der Waals surface area contributed by atoms with Crippen molar-refractivity contribution in [3.8, 4) is 0 Å². The van der Waals surface area contributed by atoms with E-state index >= 15 is 0 Å². The van der Waals surface area contributed by atoms with E-state index < -0.39 is 0 Å². The normalized spacial score (nSPS) is 29.6. The summed E-state index contributed by atoms with van der Waals surface area (Å²) in [6.07, 6.45) is 6.59. The van der Waals surface area contributed by atoms with Gasteiger partial charge in [0, 0.05) is 24.6 Å². The SMILES string of the molecule is NC(=O)[C@@H]1CCCC[C@@H]1NCc1csc([C@@H]2CCCO2)n1. The van der Waals surface area contributed by atoms with Gasteiger partial charge in [-0.15, -0.1) is 11.3 Å². The first-order valence-electron chi connectivity index (χ1n) is 7.82. The summed E-state index contributed by atoms with van der Waals surface area (Å²) in [4.78, 5) is 16.2. The van der Waals surface area contributed by atoms with Crippen LogP contribution in [0.15, 0.2) is 5.38 Å². The molecular formula is C15H23N3O2S. The summed E-state index contributed by atoms with van der Waals surface area (Å²) in [7, 11) is 0. The van der Waals surface area contributed by atoms with Crippen molar-refractivity contribution < 1.29 is 9.53 Å². The van der Waals surface area contributed by atoms with Crippen LogP contribution in [0, 0.1) is 5.92 Å². The topological polar surface area (TPSA) is 77.2 Å². The second-order valence-corrected chi connectivity index (χ2v) is 6.85. The number of thiazole rings is 1. The number of rotatable bonds is 5. The molecule has 0 unspecified atom stereocenters. The van der Waals surface area contributed by atoms with Gasteiger partial charge in [-0.2, -0.15) is 0 Å². The molecule has 2 fully saturated rings. The molecule has 116 valence electrons. The van der Waals surface area contributed by atoms with Gasteiger partial charge in [-0.1, -0.05) is 12.8 Å². The Hall–Kier alpha value is -0.980. The fraction of sp³-hybridized carbons (Fsp3) is 0.733. The van der Waals surface area contributed by atoms with Gasteiger partial charge in [-0.3, -0.25) is 4.79 Å². The number of aromatic nitrogens is 1. The fourth-order valence-electron chi connectivity index (χ4n) is 3.28. The molecule has 1 saturated carbocycles. The summed E-state index contributed by atoms with van der Waals surface area (Å²) in [5.74, 6) is -0.208. The highest BCUT2D eigenvalue weighted by molar-refractivity contribution is 7.09. The number of nitrogens with one attached hydrogen (secondary N) is 1. The molecule has 6 heteroatoms. The van der Waals surface area contributed by atoms with E-state index in [0.29, 0.717) is 6.54 Å². The summed E-state index contributed by atoms with van der Waals surface area (Å²) in [5, 5.41) is 6.65. The van der Waals surface area contributed by atoms with Gasteiger partial charge in [0.25, 0.3) is 0 Å². The molecule has 3 N–H and O–H groups in total. The molecule has 3 atom stereocenters. The van der Waals surface area contributed by atoms with Gasteiger partial charge < -0.3 is 15.8 Å². The first-order valence-corrected chi connectivity index (χ1v) is 8.70. The number of amides is 1. The first kappa shape index (κ1) is 14.9. The summed E-state index contributed by atoms with van der Waals surface area (Å²) >= 11 is 1.67. The highest BCUT2D eigenvalue weighted by atomic mass is 32.1. The molecule has 3 rings (SSSR count). The molecule has 0 spiro atoms. The zero-order chi connectivity index (χ0) is 14.7. The van der Waals surface area contributed by atoms with E-state index in [-0.39, 0.29) is 24.0 Å². The Kier molecular flexibility index (Phi) is 4.87. The quantitative estimate of drug-likeness (QED) is 0.873. The van der Waals surface area contributed by atoms with Crippen LogP contribution in [0.5, 0.6) is 0 Å². The van der Waals surface area contributed by atoms with Crippen LogP contribution in [0.4, 0.5) is 0 Å². The molecule has 21 heavy (non-hydrogen) atoms. The van der Waals surface area contributed by atoms with Gasteiger partial charge in [-0.25, -0.2) is 4.98 Å². The third-order valence-electron chi connectivity index (χ3n) is 4.45. The molecule has 1 aliphatic heterocycles. The van der Waals surface area contributed by atoms with Gasteiger partial charge in [-0.05, 0) is 25.7 Å². The van der Waals surface area contributed by atoms with Crippen LogP contribution in [-0.4, -0.2) is 23.5 Å². The Balaban J connectivity index is 1.55. The maximum absolute atomic E-state index is 11.5. The van der Waals surface area contributed by atoms with Crippen LogP contribution in [0.2, 0.25) is 0 Å². The van der Waals surface area contributed by atoms with E-state index in [1.807, 2.05) is 0 Å². The van der Waals surface area contributed by atoms with Crippen molar-refractivity contribution in [2.45, 2.75) is 57.2 Å². The Morgan fingerprint density at radius 1 is 1.38 bits per heavy atom. The second kappa shape index (κ2) is 6.85. The van der Waals surface area contributed by atoms with Crippen molar-refractivity contribution in [1.82, 2.24) is 10.3 Å². The van der Waals surface area contributed by atoms with Gasteiger partial charge >= 0.3 is 0 Å². The lowest BCUT2D eigenvalue weighted by atomic mass is 9.84. The molecule has 5 nitrogen and oxygen atoms in total. The van der Waals surface area contributed by atoms with E-state index in [9.17, 15) is 4.79 Å². The molecule has 1 amide bonds. The van der Waals surface area contributed by atoms with Crippen molar-refractivity contribution in [2.75, 3.05) is 6.61 Å². The van der Waals surface area contributed by atoms with Crippen molar-refractivity contribution in [3.05, 3.63) is 16.1 Å². The van der Waals surface area contributed by atoms with Gasteiger partial charge in [0.2, 0.25) is 5.91 Å². The van der Waals surface area contributed by atoms with Gasteiger partial charge in [0.15, 0.2) is 0 Å². The van der Waals surface area contributed by atoms with Crippen LogP contribution in [0.25, 0.3) is 0 Å². The van der Waals surface area contributed by atoms with Crippen molar-refractivity contribution >= 4 is 17.2 Å². The summed E-state index contributed by atoms with van der Waals surface area (Å²) < 4.78 is 5.66. The van der Waals surface area contributed by atoms with Crippen LogP contribution >= 0.6 is 11.3 Å². The zero-order valence-corrected chi connectivity index (χ0v) is 13.0. The number of primary amides is 1. The lowest BCUT2D eigenvalue weighted by molar-refractivity contribution is -0.123. The monoisotopic (exact) mass is 309 g/mol. The Bertz CT molecular complexity index is 485. The van der Waals surface area contributed by atoms with Crippen molar-refractivity contribution in [2.24, 2.45) is 11.7 Å². The zero-order valence-electron chi connectivity index (χ0n) is 12.2. The van der Waals surface area contributed by atoms with Crippen LogP contribution in [0.3, 0.4) is 0 Å². The number of ether oxygens (including phenoxy) is 1. The highest BCUT2D eigenvalue weighted by Gasteiger charge is 2.29. The predicted octanol–water partition coefficient (Wildman–Crippen LogP) is 2.13. The number of nitrogens with zero attached hydrogens (tertiary/aromatic N) is 1. The highest BCUT2D eigenvalue weighted by Crippen LogP contribution is 2.31. The maximum Gasteiger partial charge on any atom is 0.222 e.